The van der Waals surface area contributed by atoms with Crippen molar-refractivity contribution in [2.45, 2.75) is 13.3 Å². The van der Waals surface area contributed by atoms with E-state index in [0.717, 1.165) is 31.9 Å². The summed E-state index contributed by atoms with van der Waals surface area (Å²) >= 11 is 12.3. The Morgan fingerprint density at radius 1 is 1.17 bits per heavy atom. The highest BCUT2D eigenvalue weighted by Gasteiger charge is 2.19. The molecular formula is C16H20Cl2N2O3. The molecule has 0 aliphatic carbocycles. The molecule has 1 heterocycles. The second-order valence-corrected chi connectivity index (χ2v) is 6.37. The van der Waals surface area contributed by atoms with E-state index in [1.165, 1.54) is 6.92 Å². The van der Waals surface area contributed by atoms with Gasteiger partial charge in [-0.3, -0.25) is 14.5 Å². The maximum atomic E-state index is 11.3. The number of Topliss-reactive ketones (excluding diaryl/α,β-unsaturated/α-hetero) is 1. The predicted molar refractivity (Wildman–Crippen MR) is 91.4 cm³/mol. The summed E-state index contributed by atoms with van der Waals surface area (Å²) in [5.74, 6) is -0.635. The number of piperazine rings is 1. The number of anilines is 1. The predicted octanol–water partition coefficient (Wildman–Crippen LogP) is 2.64. The smallest absolute Gasteiger partial charge is 0.313 e. The molecule has 0 aromatic heterocycles. The lowest BCUT2D eigenvalue weighted by Gasteiger charge is -2.36. The zero-order chi connectivity index (χ0) is 16.8. The molecule has 1 fully saturated rings. The summed E-state index contributed by atoms with van der Waals surface area (Å²) in [5, 5.41) is 1.37. The van der Waals surface area contributed by atoms with Crippen LogP contribution in [0.5, 0.6) is 0 Å². The van der Waals surface area contributed by atoms with Crippen LogP contribution in [0.2, 0.25) is 10.0 Å². The number of carbonyl (C=O) groups is 2. The molecule has 0 spiro atoms. The third-order valence-corrected chi connectivity index (χ3v) is 4.24. The fraction of sp³-hybridized carbons (Fsp3) is 0.500. The van der Waals surface area contributed by atoms with Crippen molar-refractivity contribution in [3.8, 4) is 0 Å². The van der Waals surface area contributed by atoms with Crippen LogP contribution >= 0.6 is 23.2 Å². The first-order valence-electron chi connectivity index (χ1n) is 7.53. The van der Waals surface area contributed by atoms with Crippen LogP contribution in [0.3, 0.4) is 0 Å². The summed E-state index contributed by atoms with van der Waals surface area (Å²) in [5.41, 5.74) is 0.951. The Bertz CT molecular complexity index is 572. The number of nitrogens with zero attached hydrogens (tertiary/aromatic N) is 2. The molecule has 23 heavy (non-hydrogen) atoms. The molecule has 1 aliphatic rings. The number of hydrogen-bond donors (Lipinski definition) is 0. The molecular weight excluding hydrogens is 339 g/mol. The van der Waals surface area contributed by atoms with Crippen LogP contribution in [-0.2, 0) is 14.3 Å². The maximum Gasteiger partial charge on any atom is 0.313 e. The van der Waals surface area contributed by atoms with E-state index in [1.54, 1.807) is 12.1 Å². The van der Waals surface area contributed by atoms with Crippen LogP contribution in [0.1, 0.15) is 13.3 Å². The summed E-state index contributed by atoms with van der Waals surface area (Å²) in [6, 6.07) is 5.46. The van der Waals surface area contributed by atoms with Crippen LogP contribution in [-0.4, -0.2) is 56.0 Å². The van der Waals surface area contributed by atoms with Gasteiger partial charge in [0.1, 0.15) is 18.8 Å². The van der Waals surface area contributed by atoms with E-state index >= 15 is 0 Å². The lowest BCUT2D eigenvalue weighted by Crippen LogP contribution is -2.47. The van der Waals surface area contributed by atoms with Crippen molar-refractivity contribution < 1.29 is 14.3 Å². The molecule has 0 atom stereocenters. The normalized spacial score (nSPS) is 15.5. The molecule has 0 N–H and O–H groups in total. The van der Waals surface area contributed by atoms with Gasteiger partial charge < -0.3 is 9.64 Å². The van der Waals surface area contributed by atoms with Crippen molar-refractivity contribution in [2.75, 3.05) is 44.2 Å². The van der Waals surface area contributed by atoms with Crippen LogP contribution in [0.25, 0.3) is 0 Å². The van der Waals surface area contributed by atoms with E-state index in [2.05, 4.69) is 9.80 Å². The number of carbonyl (C=O) groups excluding carboxylic acids is 2. The molecule has 0 amide bonds. The highest BCUT2D eigenvalue weighted by molar-refractivity contribution is 6.35. The van der Waals surface area contributed by atoms with Crippen LogP contribution < -0.4 is 4.90 Å². The van der Waals surface area contributed by atoms with E-state index in [-0.39, 0.29) is 12.2 Å². The molecule has 1 aromatic rings. The van der Waals surface area contributed by atoms with Gasteiger partial charge in [0.05, 0.1) is 10.7 Å². The zero-order valence-electron chi connectivity index (χ0n) is 13.1. The summed E-state index contributed by atoms with van der Waals surface area (Å²) in [6.07, 6.45) is -0.152. The van der Waals surface area contributed by atoms with Crippen molar-refractivity contribution >= 4 is 40.6 Å². The van der Waals surface area contributed by atoms with Gasteiger partial charge in [-0.1, -0.05) is 23.2 Å². The molecule has 0 radical (unpaired) electrons. The third kappa shape index (κ3) is 5.68. The topological polar surface area (TPSA) is 49.9 Å². The van der Waals surface area contributed by atoms with Gasteiger partial charge in [0.15, 0.2) is 0 Å². The van der Waals surface area contributed by atoms with Crippen molar-refractivity contribution in [3.63, 3.8) is 0 Å². The second kappa shape index (κ2) is 8.52. The van der Waals surface area contributed by atoms with E-state index < -0.39 is 5.97 Å². The highest BCUT2D eigenvalue weighted by Crippen LogP contribution is 2.29. The number of ether oxygens (including phenoxy) is 1. The molecule has 1 aliphatic heterocycles. The van der Waals surface area contributed by atoms with Crippen molar-refractivity contribution in [3.05, 3.63) is 28.2 Å². The van der Waals surface area contributed by atoms with E-state index in [9.17, 15) is 9.59 Å². The number of esters is 1. The molecule has 1 aromatic carbocycles. The van der Waals surface area contributed by atoms with E-state index in [1.807, 2.05) is 6.07 Å². The monoisotopic (exact) mass is 358 g/mol. The summed E-state index contributed by atoms with van der Waals surface area (Å²) < 4.78 is 5.05. The molecule has 0 saturated carbocycles. The van der Waals surface area contributed by atoms with Crippen LogP contribution in [0.4, 0.5) is 5.69 Å². The Balaban J connectivity index is 1.75. The summed E-state index contributed by atoms with van der Waals surface area (Å²) in [4.78, 5) is 26.5. The minimum absolute atomic E-state index is 0.152. The summed E-state index contributed by atoms with van der Waals surface area (Å²) in [6.45, 7) is 5.73. The van der Waals surface area contributed by atoms with E-state index in [0.29, 0.717) is 23.2 Å². The quantitative estimate of drug-likeness (QED) is 0.577. The van der Waals surface area contributed by atoms with Crippen molar-refractivity contribution in [1.29, 1.82) is 0 Å². The van der Waals surface area contributed by atoms with Crippen molar-refractivity contribution in [1.82, 2.24) is 4.90 Å². The molecule has 2 rings (SSSR count). The molecule has 1 saturated heterocycles. The third-order valence-electron chi connectivity index (χ3n) is 3.69. The van der Waals surface area contributed by atoms with Gasteiger partial charge >= 0.3 is 5.97 Å². The lowest BCUT2D eigenvalue weighted by atomic mass is 10.2. The number of benzene rings is 1. The first-order valence-corrected chi connectivity index (χ1v) is 8.28. The number of ketones is 1. The first kappa shape index (κ1) is 18.0. The minimum Gasteiger partial charge on any atom is -0.464 e. The van der Waals surface area contributed by atoms with Crippen molar-refractivity contribution in [2.24, 2.45) is 0 Å². The minimum atomic E-state index is -0.457. The first-order chi connectivity index (χ1) is 11.0. The molecule has 5 nitrogen and oxygen atoms in total. The van der Waals surface area contributed by atoms with Gasteiger partial charge in [-0.05, 0) is 25.1 Å². The average molecular weight is 359 g/mol. The molecule has 126 valence electrons. The SMILES string of the molecule is CC(=O)CC(=O)OCCN1CCN(c2cc(Cl)ccc2Cl)CC1. The fourth-order valence-corrected chi connectivity index (χ4v) is 2.89. The Kier molecular flexibility index (Phi) is 6.69. The van der Waals surface area contributed by atoms with E-state index in [4.69, 9.17) is 27.9 Å². The lowest BCUT2D eigenvalue weighted by molar-refractivity contribution is -0.146. The van der Waals surface area contributed by atoms with Crippen LogP contribution in [0.15, 0.2) is 18.2 Å². The number of halogens is 2. The number of hydrogen-bond acceptors (Lipinski definition) is 5. The Labute approximate surface area is 146 Å². The Morgan fingerprint density at radius 2 is 1.87 bits per heavy atom. The van der Waals surface area contributed by atoms with Gasteiger partial charge in [0.2, 0.25) is 0 Å². The standard InChI is InChI=1S/C16H20Cl2N2O3/c1-12(21)10-16(22)23-9-8-19-4-6-20(7-5-19)15-11-13(17)2-3-14(15)18/h2-3,11H,4-10H2,1H3. The average Bonchev–Trinajstić information content (AvgIpc) is 2.50. The van der Waals surface area contributed by atoms with Gasteiger partial charge in [0.25, 0.3) is 0 Å². The molecule has 0 unspecified atom stereocenters. The maximum absolute atomic E-state index is 11.3. The summed E-state index contributed by atoms with van der Waals surface area (Å²) in [7, 11) is 0. The molecule has 0 bridgehead atoms. The van der Waals surface area contributed by atoms with Gasteiger partial charge in [0, 0.05) is 37.7 Å². The van der Waals surface area contributed by atoms with Gasteiger partial charge in [-0.2, -0.15) is 0 Å². The Morgan fingerprint density at radius 3 is 2.52 bits per heavy atom. The van der Waals surface area contributed by atoms with Gasteiger partial charge in [-0.15, -0.1) is 0 Å². The fourth-order valence-electron chi connectivity index (χ4n) is 2.48. The highest BCUT2D eigenvalue weighted by atomic mass is 35.5. The zero-order valence-corrected chi connectivity index (χ0v) is 14.6. The largest absolute Gasteiger partial charge is 0.464 e. The van der Waals surface area contributed by atoms with Crippen LogP contribution in [0, 0.1) is 0 Å². The Hall–Kier alpha value is -1.30. The number of rotatable bonds is 6. The van der Waals surface area contributed by atoms with Gasteiger partial charge in [-0.25, -0.2) is 0 Å². The molecule has 7 heteroatoms. The second-order valence-electron chi connectivity index (χ2n) is 5.52.